The van der Waals surface area contributed by atoms with Crippen molar-refractivity contribution in [1.29, 1.82) is 0 Å². The number of aromatic nitrogens is 1. The van der Waals surface area contributed by atoms with Gasteiger partial charge in [-0.2, -0.15) is 0 Å². The Bertz CT molecular complexity index is 848. The Balaban J connectivity index is 1.55. The third kappa shape index (κ3) is 2.67. The van der Waals surface area contributed by atoms with Crippen molar-refractivity contribution in [3.63, 3.8) is 0 Å². The number of hydrogen-bond acceptors (Lipinski definition) is 4. The first-order valence-electron chi connectivity index (χ1n) is 8.79. The molecule has 0 radical (unpaired) electrons. The van der Waals surface area contributed by atoms with Crippen LogP contribution in [0.15, 0.2) is 42.6 Å². The van der Waals surface area contributed by atoms with Gasteiger partial charge in [0.05, 0.1) is 11.3 Å². The molecule has 0 atom stereocenters. The zero-order chi connectivity index (χ0) is 18.3. The van der Waals surface area contributed by atoms with Crippen LogP contribution in [-0.4, -0.2) is 40.7 Å². The second kappa shape index (κ2) is 6.37. The van der Waals surface area contributed by atoms with E-state index < -0.39 is 5.91 Å². The molecule has 0 unspecified atom stereocenters. The van der Waals surface area contributed by atoms with Gasteiger partial charge in [0.15, 0.2) is 0 Å². The van der Waals surface area contributed by atoms with E-state index in [4.69, 9.17) is 0 Å². The summed E-state index contributed by atoms with van der Waals surface area (Å²) < 4.78 is 0. The number of fused-ring (bicyclic) bond motifs is 1. The van der Waals surface area contributed by atoms with E-state index in [9.17, 15) is 14.4 Å². The quantitative estimate of drug-likeness (QED) is 0.782. The third-order valence-corrected chi connectivity index (χ3v) is 5.09. The first-order valence-corrected chi connectivity index (χ1v) is 8.79. The van der Waals surface area contributed by atoms with Crippen molar-refractivity contribution in [3.8, 4) is 0 Å². The zero-order valence-corrected chi connectivity index (χ0v) is 14.5. The number of carbonyl (C=O) groups is 3. The Labute approximate surface area is 151 Å². The highest BCUT2D eigenvalue weighted by Crippen LogP contribution is 2.27. The number of nitrogens with zero attached hydrogens (tertiary/aromatic N) is 3. The van der Waals surface area contributed by atoms with E-state index in [0.717, 1.165) is 30.8 Å². The van der Waals surface area contributed by atoms with Gasteiger partial charge in [0.25, 0.3) is 17.7 Å². The SMILES string of the molecule is CC1CCN(C(=O)c2ccc(N3C(=O)c4cccnc4C3=O)cc2)CC1. The molecule has 4 rings (SSSR count). The predicted molar refractivity (Wildman–Crippen MR) is 96.1 cm³/mol. The molecule has 2 aromatic rings. The van der Waals surface area contributed by atoms with Crippen LogP contribution in [-0.2, 0) is 0 Å². The number of pyridine rings is 1. The topological polar surface area (TPSA) is 70.6 Å². The summed E-state index contributed by atoms with van der Waals surface area (Å²) in [6.45, 7) is 3.74. The fourth-order valence-corrected chi connectivity index (χ4v) is 3.45. The minimum atomic E-state index is -0.435. The van der Waals surface area contributed by atoms with E-state index in [1.807, 2.05) is 4.90 Å². The summed E-state index contributed by atoms with van der Waals surface area (Å²) in [5.41, 5.74) is 1.49. The average molecular weight is 349 g/mol. The third-order valence-electron chi connectivity index (χ3n) is 5.09. The fourth-order valence-electron chi connectivity index (χ4n) is 3.45. The summed E-state index contributed by atoms with van der Waals surface area (Å²) in [5.74, 6) is -0.173. The van der Waals surface area contributed by atoms with Gasteiger partial charge in [-0.05, 0) is 55.2 Å². The lowest BCUT2D eigenvalue weighted by Crippen LogP contribution is -2.37. The molecular weight excluding hydrogens is 330 g/mol. The summed E-state index contributed by atoms with van der Waals surface area (Å²) in [4.78, 5) is 44.6. The maximum atomic E-state index is 12.6. The Hall–Kier alpha value is -3.02. The molecule has 1 aromatic carbocycles. The molecule has 132 valence electrons. The van der Waals surface area contributed by atoms with Gasteiger partial charge in [-0.25, -0.2) is 4.90 Å². The lowest BCUT2D eigenvalue weighted by atomic mass is 9.98. The van der Waals surface area contributed by atoms with Gasteiger partial charge in [0.1, 0.15) is 5.69 Å². The van der Waals surface area contributed by atoms with Crippen LogP contribution in [0.5, 0.6) is 0 Å². The highest BCUT2D eigenvalue weighted by Gasteiger charge is 2.37. The van der Waals surface area contributed by atoms with Crippen molar-refractivity contribution in [2.45, 2.75) is 19.8 Å². The first kappa shape index (κ1) is 16.4. The van der Waals surface area contributed by atoms with Crippen LogP contribution in [0.1, 0.15) is 51.0 Å². The van der Waals surface area contributed by atoms with E-state index in [0.29, 0.717) is 22.7 Å². The fraction of sp³-hybridized carbons (Fsp3) is 0.300. The number of imide groups is 1. The number of carbonyl (C=O) groups excluding carboxylic acids is 3. The molecule has 26 heavy (non-hydrogen) atoms. The van der Waals surface area contributed by atoms with Crippen LogP contribution in [0.2, 0.25) is 0 Å². The zero-order valence-electron chi connectivity index (χ0n) is 14.5. The standard InChI is InChI=1S/C20H19N3O3/c1-13-8-11-22(12-9-13)18(24)14-4-6-15(7-5-14)23-19(25)16-3-2-10-21-17(16)20(23)26/h2-7,10,13H,8-9,11-12H2,1H3. The number of likely N-dealkylation sites (tertiary alicyclic amines) is 1. The number of anilines is 1. The van der Waals surface area contributed by atoms with E-state index in [2.05, 4.69) is 11.9 Å². The molecule has 0 N–H and O–H groups in total. The second-order valence-corrected chi connectivity index (χ2v) is 6.87. The second-order valence-electron chi connectivity index (χ2n) is 6.87. The molecule has 0 saturated carbocycles. The molecule has 2 aliphatic rings. The van der Waals surface area contributed by atoms with Gasteiger partial charge in [0.2, 0.25) is 0 Å². The summed E-state index contributed by atoms with van der Waals surface area (Å²) in [6, 6.07) is 9.86. The summed E-state index contributed by atoms with van der Waals surface area (Å²) >= 11 is 0. The van der Waals surface area contributed by atoms with E-state index >= 15 is 0 Å². The molecule has 1 aromatic heterocycles. The van der Waals surface area contributed by atoms with Crippen molar-refractivity contribution in [1.82, 2.24) is 9.88 Å². The van der Waals surface area contributed by atoms with Gasteiger partial charge in [-0.3, -0.25) is 19.4 Å². The van der Waals surface area contributed by atoms with Crippen molar-refractivity contribution < 1.29 is 14.4 Å². The van der Waals surface area contributed by atoms with Gasteiger partial charge in [-0.15, -0.1) is 0 Å². The van der Waals surface area contributed by atoms with E-state index in [1.54, 1.807) is 36.4 Å². The predicted octanol–water partition coefficient (Wildman–Crippen LogP) is 2.75. The lowest BCUT2D eigenvalue weighted by Gasteiger charge is -2.30. The Kier molecular flexibility index (Phi) is 4.03. The molecule has 0 aliphatic carbocycles. The molecule has 3 amide bonds. The Morgan fingerprint density at radius 3 is 2.38 bits per heavy atom. The number of piperidine rings is 1. The lowest BCUT2D eigenvalue weighted by molar-refractivity contribution is 0.0697. The van der Waals surface area contributed by atoms with Gasteiger partial charge in [-0.1, -0.05) is 6.92 Å². The van der Waals surface area contributed by atoms with Crippen LogP contribution in [0.25, 0.3) is 0 Å². The number of amides is 3. The first-order chi connectivity index (χ1) is 12.6. The average Bonchev–Trinajstić information content (AvgIpc) is 2.93. The monoisotopic (exact) mass is 349 g/mol. The smallest absolute Gasteiger partial charge is 0.284 e. The van der Waals surface area contributed by atoms with Crippen molar-refractivity contribution in [2.75, 3.05) is 18.0 Å². The van der Waals surface area contributed by atoms with Crippen LogP contribution in [0.4, 0.5) is 5.69 Å². The Morgan fingerprint density at radius 1 is 1.04 bits per heavy atom. The largest absolute Gasteiger partial charge is 0.339 e. The van der Waals surface area contributed by atoms with E-state index in [1.165, 1.54) is 6.20 Å². The van der Waals surface area contributed by atoms with Crippen LogP contribution in [0, 0.1) is 5.92 Å². The Morgan fingerprint density at radius 2 is 1.73 bits per heavy atom. The summed E-state index contributed by atoms with van der Waals surface area (Å²) in [6.07, 6.45) is 3.53. The molecule has 6 nitrogen and oxygen atoms in total. The minimum Gasteiger partial charge on any atom is -0.339 e. The molecule has 2 aliphatic heterocycles. The number of rotatable bonds is 2. The summed E-state index contributed by atoms with van der Waals surface area (Å²) in [5, 5.41) is 0. The molecule has 0 spiro atoms. The van der Waals surface area contributed by atoms with Crippen LogP contribution >= 0.6 is 0 Å². The van der Waals surface area contributed by atoms with Crippen molar-refractivity contribution >= 4 is 23.4 Å². The minimum absolute atomic E-state index is 0.00697. The summed E-state index contributed by atoms with van der Waals surface area (Å²) in [7, 11) is 0. The molecule has 1 fully saturated rings. The normalized spacial score (nSPS) is 17.6. The van der Waals surface area contributed by atoms with Crippen molar-refractivity contribution in [2.24, 2.45) is 5.92 Å². The van der Waals surface area contributed by atoms with E-state index in [-0.39, 0.29) is 17.5 Å². The molecule has 6 heteroatoms. The van der Waals surface area contributed by atoms with Gasteiger partial charge in [0, 0.05) is 24.8 Å². The molecule has 3 heterocycles. The molecule has 1 saturated heterocycles. The maximum Gasteiger partial charge on any atom is 0.284 e. The maximum absolute atomic E-state index is 12.6. The molecule has 0 bridgehead atoms. The number of benzene rings is 1. The van der Waals surface area contributed by atoms with Gasteiger partial charge >= 0.3 is 0 Å². The number of hydrogen-bond donors (Lipinski definition) is 0. The van der Waals surface area contributed by atoms with Crippen LogP contribution in [0.3, 0.4) is 0 Å². The molecular formula is C20H19N3O3. The van der Waals surface area contributed by atoms with Crippen LogP contribution < -0.4 is 4.90 Å². The highest BCUT2D eigenvalue weighted by atomic mass is 16.2. The highest BCUT2D eigenvalue weighted by molar-refractivity contribution is 6.33. The van der Waals surface area contributed by atoms with Crippen molar-refractivity contribution in [3.05, 3.63) is 59.4 Å². The van der Waals surface area contributed by atoms with Gasteiger partial charge < -0.3 is 4.90 Å².